The highest BCUT2D eigenvalue weighted by Gasteiger charge is 2.28. The quantitative estimate of drug-likeness (QED) is 0.890. The van der Waals surface area contributed by atoms with Gasteiger partial charge in [0, 0.05) is 19.7 Å². The van der Waals surface area contributed by atoms with Gasteiger partial charge in [-0.25, -0.2) is 0 Å². The topological polar surface area (TPSA) is 30.5 Å². The maximum atomic E-state index is 5.92. The summed E-state index contributed by atoms with van der Waals surface area (Å²) in [4.78, 5) is 0. The van der Waals surface area contributed by atoms with Crippen molar-refractivity contribution >= 4 is 0 Å². The van der Waals surface area contributed by atoms with E-state index in [1.54, 1.807) is 0 Å². The van der Waals surface area contributed by atoms with Crippen LogP contribution in [0.4, 0.5) is 0 Å². The second-order valence-corrected chi connectivity index (χ2v) is 5.58. The fraction of sp³-hybridized carbons (Fsp3) is 0.600. The van der Waals surface area contributed by atoms with Crippen LogP contribution in [-0.2, 0) is 17.8 Å². The summed E-state index contributed by atoms with van der Waals surface area (Å²) >= 11 is 0. The third-order valence-corrected chi connectivity index (χ3v) is 3.90. The second-order valence-electron chi connectivity index (χ2n) is 5.58. The first-order valence-corrected chi connectivity index (χ1v) is 6.84. The molecule has 3 nitrogen and oxygen atoms in total. The highest BCUT2D eigenvalue weighted by molar-refractivity contribution is 5.37. The van der Waals surface area contributed by atoms with Gasteiger partial charge in [-0.3, -0.25) is 0 Å². The van der Waals surface area contributed by atoms with Crippen LogP contribution in [0, 0.1) is 0 Å². The van der Waals surface area contributed by atoms with Gasteiger partial charge in [-0.15, -0.1) is 0 Å². The molecule has 2 heterocycles. The number of nitrogens with one attached hydrogen (secondary N) is 1. The van der Waals surface area contributed by atoms with Crippen LogP contribution in [-0.4, -0.2) is 18.8 Å². The fourth-order valence-corrected chi connectivity index (χ4v) is 2.70. The Morgan fingerprint density at radius 2 is 2.17 bits per heavy atom. The molecule has 1 saturated heterocycles. The number of ether oxygens (including phenoxy) is 2. The zero-order chi connectivity index (χ0) is 12.4. The van der Waals surface area contributed by atoms with E-state index < -0.39 is 0 Å². The predicted molar refractivity (Wildman–Crippen MR) is 70.7 cm³/mol. The molecule has 1 atom stereocenters. The van der Waals surface area contributed by atoms with Crippen molar-refractivity contribution in [2.45, 2.75) is 44.9 Å². The molecule has 1 aromatic rings. The van der Waals surface area contributed by atoms with E-state index in [0.717, 1.165) is 31.9 Å². The molecule has 0 spiro atoms. The molecular weight excluding hydrogens is 226 g/mol. The molecule has 1 aromatic carbocycles. The number of hydrogen-bond donors (Lipinski definition) is 1. The molecule has 0 aliphatic carbocycles. The Morgan fingerprint density at radius 1 is 1.28 bits per heavy atom. The van der Waals surface area contributed by atoms with E-state index in [9.17, 15) is 0 Å². The van der Waals surface area contributed by atoms with E-state index in [1.165, 1.54) is 24.0 Å². The monoisotopic (exact) mass is 247 g/mol. The summed E-state index contributed by atoms with van der Waals surface area (Å²) in [5, 5.41) is 3.35. The van der Waals surface area contributed by atoms with Crippen molar-refractivity contribution < 1.29 is 9.47 Å². The third kappa shape index (κ3) is 2.52. The number of rotatable bonds is 3. The molecular formula is C15H21NO2. The van der Waals surface area contributed by atoms with Crippen LogP contribution >= 0.6 is 0 Å². The summed E-state index contributed by atoms with van der Waals surface area (Å²) in [6.07, 6.45) is 3.52. The van der Waals surface area contributed by atoms with Crippen LogP contribution in [0.5, 0.6) is 5.75 Å². The van der Waals surface area contributed by atoms with Crippen molar-refractivity contribution in [3.8, 4) is 5.75 Å². The van der Waals surface area contributed by atoms with Gasteiger partial charge in [-0.05, 0) is 49.4 Å². The van der Waals surface area contributed by atoms with Crippen molar-refractivity contribution in [2.75, 3.05) is 13.2 Å². The molecule has 3 heteroatoms. The van der Waals surface area contributed by atoms with E-state index in [2.05, 4.69) is 30.4 Å². The van der Waals surface area contributed by atoms with Crippen LogP contribution in [0.25, 0.3) is 0 Å². The molecule has 98 valence electrons. The smallest absolute Gasteiger partial charge is 0.119 e. The van der Waals surface area contributed by atoms with Crippen LogP contribution in [0.2, 0.25) is 0 Å². The summed E-state index contributed by atoms with van der Waals surface area (Å²) in [5.41, 5.74) is 2.65. The Balaban J connectivity index is 1.62. The van der Waals surface area contributed by atoms with Crippen molar-refractivity contribution in [3.05, 3.63) is 29.3 Å². The molecule has 1 fully saturated rings. The standard InChI is InChI=1S/C15H21NO2/c1-15(6-2-3-7-18-15)11-17-14-5-4-12-9-16-10-13(12)8-14/h4-5,8,16H,2-3,6-7,9-11H2,1H3. The van der Waals surface area contributed by atoms with Gasteiger partial charge in [0.1, 0.15) is 12.4 Å². The van der Waals surface area contributed by atoms with Crippen molar-refractivity contribution in [1.29, 1.82) is 0 Å². The lowest BCUT2D eigenvalue weighted by Crippen LogP contribution is -2.38. The highest BCUT2D eigenvalue weighted by atomic mass is 16.5. The van der Waals surface area contributed by atoms with Crippen LogP contribution in [0.15, 0.2) is 18.2 Å². The number of hydrogen-bond acceptors (Lipinski definition) is 3. The minimum Gasteiger partial charge on any atom is -0.491 e. The first-order valence-electron chi connectivity index (χ1n) is 6.84. The molecule has 18 heavy (non-hydrogen) atoms. The Hall–Kier alpha value is -1.06. The molecule has 3 rings (SSSR count). The Bertz CT molecular complexity index is 425. The van der Waals surface area contributed by atoms with Crippen LogP contribution in [0.1, 0.15) is 37.3 Å². The zero-order valence-electron chi connectivity index (χ0n) is 11.0. The van der Waals surface area contributed by atoms with Gasteiger partial charge in [0.05, 0.1) is 5.60 Å². The number of benzene rings is 1. The normalized spacial score (nSPS) is 26.9. The van der Waals surface area contributed by atoms with E-state index in [-0.39, 0.29) is 5.60 Å². The lowest BCUT2D eigenvalue weighted by atomic mass is 9.97. The molecule has 1 unspecified atom stereocenters. The summed E-state index contributed by atoms with van der Waals surface area (Å²) in [6.45, 7) is 5.62. The van der Waals surface area contributed by atoms with E-state index in [1.807, 2.05) is 0 Å². The average Bonchev–Trinajstić information content (AvgIpc) is 2.85. The number of fused-ring (bicyclic) bond motifs is 1. The third-order valence-electron chi connectivity index (χ3n) is 3.90. The van der Waals surface area contributed by atoms with Gasteiger partial charge in [-0.1, -0.05) is 6.07 Å². The van der Waals surface area contributed by atoms with Crippen LogP contribution < -0.4 is 10.1 Å². The summed E-state index contributed by atoms with van der Waals surface area (Å²) in [7, 11) is 0. The molecule has 2 aliphatic rings. The largest absolute Gasteiger partial charge is 0.491 e. The SMILES string of the molecule is CC1(COc2ccc3c(c2)CNC3)CCCCO1. The summed E-state index contributed by atoms with van der Waals surface area (Å²) < 4.78 is 11.8. The molecule has 1 N–H and O–H groups in total. The first-order chi connectivity index (χ1) is 8.75. The van der Waals surface area contributed by atoms with Crippen molar-refractivity contribution in [3.63, 3.8) is 0 Å². The van der Waals surface area contributed by atoms with Crippen LogP contribution in [0.3, 0.4) is 0 Å². The van der Waals surface area contributed by atoms with E-state index in [0.29, 0.717) is 6.61 Å². The lowest BCUT2D eigenvalue weighted by Gasteiger charge is -2.33. The molecule has 0 amide bonds. The van der Waals surface area contributed by atoms with Gasteiger partial charge in [0.15, 0.2) is 0 Å². The molecule has 2 aliphatic heterocycles. The lowest BCUT2D eigenvalue weighted by molar-refractivity contribution is -0.0888. The molecule has 0 saturated carbocycles. The predicted octanol–water partition coefficient (Wildman–Crippen LogP) is 2.63. The summed E-state index contributed by atoms with van der Waals surface area (Å²) in [6, 6.07) is 6.38. The minimum atomic E-state index is -0.102. The molecule has 0 radical (unpaired) electrons. The van der Waals surface area contributed by atoms with Gasteiger partial charge >= 0.3 is 0 Å². The first kappa shape index (κ1) is 12.0. The fourth-order valence-electron chi connectivity index (χ4n) is 2.70. The van der Waals surface area contributed by atoms with Crippen molar-refractivity contribution in [1.82, 2.24) is 5.32 Å². The second kappa shape index (κ2) is 4.90. The maximum absolute atomic E-state index is 5.92. The molecule has 0 aromatic heterocycles. The maximum Gasteiger partial charge on any atom is 0.119 e. The Kier molecular flexibility index (Phi) is 3.27. The summed E-state index contributed by atoms with van der Waals surface area (Å²) in [5.74, 6) is 0.966. The highest BCUT2D eigenvalue weighted by Crippen LogP contribution is 2.27. The van der Waals surface area contributed by atoms with Gasteiger partial charge in [0.25, 0.3) is 0 Å². The zero-order valence-corrected chi connectivity index (χ0v) is 11.0. The van der Waals surface area contributed by atoms with Gasteiger partial charge in [0.2, 0.25) is 0 Å². The van der Waals surface area contributed by atoms with Crippen molar-refractivity contribution in [2.24, 2.45) is 0 Å². The van der Waals surface area contributed by atoms with E-state index >= 15 is 0 Å². The van der Waals surface area contributed by atoms with Gasteiger partial charge in [-0.2, -0.15) is 0 Å². The van der Waals surface area contributed by atoms with Gasteiger partial charge < -0.3 is 14.8 Å². The molecule has 0 bridgehead atoms. The van der Waals surface area contributed by atoms with E-state index in [4.69, 9.17) is 9.47 Å². The minimum absolute atomic E-state index is 0.102. The average molecular weight is 247 g/mol. The Labute approximate surface area is 108 Å². The Morgan fingerprint density at radius 3 is 3.00 bits per heavy atom.